The topological polar surface area (TPSA) is 60.1 Å². The Morgan fingerprint density at radius 2 is 2.14 bits per heavy atom. The third-order valence-electron chi connectivity index (χ3n) is 2.80. The SMILES string of the molecule is Cc1ccc(C(C)NC(=O)Cn2ccc(C(F)(F)F)n2)o1. The number of alkyl halides is 3. The first-order valence-electron chi connectivity index (χ1n) is 6.22. The van der Waals surface area contributed by atoms with Crippen LogP contribution in [0.4, 0.5) is 13.2 Å². The zero-order valence-corrected chi connectivity index (χ0v) is 11.4. The zero-order chi connectivity index (χ0) is 15.6. The molecule has 0 aromatic carbocycles. The number of hydrogen-bond acceptors (Lipinski definition) is 3. The summed E-state index contributed by atoms with van der Waals surface area (Å²) in [6.45, 7) is 3.21. The molecule has 1 N–H and O–H groups in total. The van der Waals surface area contributed by atoms with E-state index in [0.717, 1.165) is 16.9 Å². The Morgan fingerprint density at radius 3 is 2.67 bits per heavy atom. The fraction of sp³-hybridized carbons (Fsp3) is 0.385. The molecule has 8 heteroatoms. The molecule has 0 saturated carbocycles. The van der Waals surface area contributed by atoms with Gasteiger partial charge in [-0.05, 0) is 32.0 Å². The normalized spacial score (nSPS) is 13.2. The number of hydrogen-bond donors (Lipinski definition) is 1. The summed E-state index contributed by atoms with van der Waals surface area (Å²) in [5.74, 6) is 0.846. The number of halogens is 3. The van der Waals surface area contributed by atoms with Gasteiger partial charge in [0.2, 0.25) is 5.91 Å². The van der Waals surface area contributed by atoms with E-state index in [0.29, 0.717) is 11.5 Å². The molecule has 21 heavy (non-hydrogen) atoms. The molecule has 1 unspecified atom stereocenters. The van der Waals surface area contributed by atoms with Gasteiger partial charge in [-0.3, -0.25) is 9.48 Å². The Bertz CT molecular complexity index is 631. The molecule has 2 aromatic heterocycles. The Kier molecular flexibility index (Phi) is 4.06. The highest BCUT2D eigenvalue weighted by Gasteiger charge is 2.33. The molecular weight excluding hydrogens is 287 g/mol. The molecule has 0 saturated heterocycles. The maximum atomic E-state index is 12.4. The van der Waals surface area contributed by atoms with E-state index in [9.17, 15) is 18.0 Å². The van der Waals surface area contributed by atoms with Gasteiger partial charge >= 0.3 is 6.18 Å². The fourth-order valence-corrected chi connectivity index (χ4v) is 1.79. The average Bonchev–Trinajstić information content (AvgIpc) is 2.97. The van der Waals surface area contributed by atoms with Gasteiger partial charge in [0.25, 0.3) is 0 Å². The van der Waals surface area contributed by atoms with Crippen LogP contribution < -0.4 is 5.32 Å². The van der Waals surface area contributed by atoms with Gasteiger partial charge in [-0.25, -0.2) is 0 Å². The predicted molar refractivity (Wildman–Crippen MR) is 67.2 cm³/mol. The number of aromatic nitrogens is 2. The fourth-order valence-electron chi connectivity index (χ4n) is 1.79. The summed E-state index contributed by atoms with van der Waals surface area (Å²) in [6, 6.07) is 3.95. The van der Waals surface area contributed by atoms with Crippen molar-refractivity contribution in [2.75, 3.05) is 0 Å². The van der Waals surface area contributed by atoms with E-state index in [1.807, 2.05) is 0 Å². The lowest BCUT2D eigenvalue weighted by Gasteiger charge is -2.11. The van der Waals surface area contributed by atoms with Gasteiger partial charge in [0.05, 0.1) is 6.04 Å². The van der Waals surface area contributed by atoms with Crippen LogP contribution in [0, 0.1) is 6.92 Å². The second kappa shape index (κ2) is 5.63. The maximum absolute atomic E-state index is 12.4. The van der Waals surface area contributed by atoms with Crippen LogP contribution in [-0.4, -0.2) is 15.7 Å². The van der Waals surface area contributed by atoms with Crippen LogP contribution in [0.1, 0.15) is 30.2 Å². The van der Waals surface area contributed by atoms with Gasteiger partial charge in [-0.1, -0.05) is 0 Å². The summed E-state index contributed by atoms with van der Waals surface area (Å²) in [6.07, 6.45) is -3.40. The molecule has 5 nitrogen and oxygen atoms in total. The number of carbonyl (C=O) groups is 1. The lowest BCUT2D eigenvalue weighted by molar-refractivity contribution is -0.141. The third-order valence-corrected chi connectivity index (χ3v) is 2.80. The quantitative estimate of drug-likeness (QED) is 0.944. The highest BCUT2D eigenvalue weighted by Crippen LogP contribution is 2.27. The highest BCUT2D eigenvalue weighted by molar-refractivity contribution is 5.76. The summed E-state index contributed by atoms with van der Waals surface area (Å²) >= 11 is 0. The van der Waals surface area contributed by atoms with Gasteiger partial charge < -0.3 is 9.73 Å². The number of aryl methyl sites for hydroxylation is 1. The number of furan rings is 1. The summed E-state index contributed by atoms with van der Waals surface area (Å²) in [5.41, 5.74) is -1.02. The first kappa shape index (κ1) is 15.1. The van der Waals surface area contributed by atoms with Crippen molar-refractivity contribution in [3.63, 3.8) is 0 Å². The lowest BCUT2D eigenvalue weighted by atomic mass is 10.2. The minimum absolute atomic E-state index is 0.292. The van der Waals surface area contributed by atoms with Crippen molar-refractivity contribution < 1.29 is 22.4 Å². The van der Waals surface area contributed by atoms with Crippen molar-refractivity contribution in [1.29, 1.82) is 0 Å². The first-order valence-corrected chi connectivity index (χ1v) is 6.22. The van der Waals surface area contributed by atoms with Crippen molar-refractivity contribution in [1.82, 2.24) is 15.1 Å². The molecule has 0 radical (unpaired) electrons. The first-order chi connectivity index (χ1) is 9.75. The molecule has 1 atom stereocenters. The minimum atomic E-state index is -4.51. The molecule has 0 aliphatic rings. The molecule has 0 spiro atoms. The van der Waals surface area contributed by atoms with Crippen LogP contribution in [0.5, 0.6) is 0 Å². The van der Waals surface area contributed by atoms with Crippen molar-refractivity contribution in [2.24, 2.45) is 0 Å². The second-order valence-corrected chi connectivity index (χ2v) is 4.63. The van der Waals surface area contributed by atoms with Crippen LogP contribution >= 0.6 is 0 Å². The Hall–Kier alpha value is -2.25. The summed E-state index contributed by atoms with van der Waals surface area (Å²) in [7, 11) is 0. The standard InChI is InChI=1S/C13H14F3N3O2/c1-8-3-4-10(21-8)9(2)17-12(20)7-19-6-5-11(18-19)13(14,15)16/h3-6,9H,7H2,1-2H3,(H,17,20). The number of nitrogens with zero attached hydrogens (tertiary/aromatic N) is 2. The highest BCUT2D eigenvalue weighted by atomic mass is 19.4. The third kappa shape index (κ3) is 3.87. The second-order valence-electron chi connectivity index (χ2n) is 4.63. The summed E-state index contributed by atoms with van der Waals surface area (Å²) in [5, 5.41) is 5.94. The molecule has 114 valence electrons. The van der Waals surface area contributed by atoms with Gasteiger partial charge in [0.15, 0.2) is 5.69 Å². The van der Waals surface area contributed by atoms with Crippen LogP contribution in [0.25, 0.3) is 0 Å². The molecule has 2 aromatic rings. The van der Waals surface area contributed by atoms with Crippen molar-refractivity contribution in [3.05, 3.63) is 41.6 Å². The monoisotopic (exact) mass is 301 g/mol. The molecule has 2 rings (SSSR count). The zero-order valence-electron chi connectivity index (χ0n) is 11.4. The number of nitrogens with one attached hydrogen (secondary N) is 1. The average molecular weight is 301 g/mol. The molecule has 0 aliphatic carbocycles. The van der Waals surface area contributed by atoms with E-state index in [-0.39, 0.29) is 12.6 Å². The minimum Gasteiger partial charge on any atom is -0.464 e. The van der Waals surface area contributed by atoms with E-state index >= 15 is 0 Å². The van der Waals surface area contributed by atoms with E-state index in [4.69, 9.17) is 4.42 Å². The molecule has 0 aliphatic heterocycles. The largest absolute Gasteiger partial charge is 0.464 e. The van der Waals surface area contributed by atoms with E-state index in [1.165, 1.54) is 0 Å². The van der Waals surface area contributed by atoms with Gasteiger partial charge in [0, 0.05) is 6.20 Å². The van der Waals surface area contributed by atoms with Gasteiger partial charge in [-0.2, -0.15) is 18.3 Å². The van der Waals surface area contributed by atoms with Crippen molar-refractivity contribution in [2.45, 2.75) is 32.6 Å². The molecule has 0 fully saturated rings. The predicted octanol–water partition coefficient (Wildman–Crippen LogP) is 2.68. The lowest BCUT2D eigenvalue weighted by Crippen LogP contribution is -2.30. The number of amides is 1. The van der Waals surface area contributed by atoms with Crippen LogP contribution in [-0.2, 0) is 17.5 Å². The summed E-state index contributed by atoms with van der Waals surface area (Å²) in [4.78, 5) is 11.8. The van der Waals surface area contributed by atoms with Crippen LogP contribution in [0.15, 0.2) is 28.8 Å². The Balaban J connectivity index is 1.94. The molecule has 2 heterocycles. The molecule has 0 bridgehead atoms. The van der Waals surface area contributed by atoms with Crippen LogP contribution in [0.2, 0.25) is 0 Å². The Morgan fingerprint density at radius 1 is 1.43 bits per heavy atom. The number of carbonyl (C=O) groups excluding carboxylic acids is 1. The van der Waals surface area contributed by atoms with Gasteiger partial charge in [0.1, 0.15) is 18.1 Å². The Labute approximate surface area is 118 Å². The van der Waals surface area contributed by atoms with E-state index < -0.39 is 17.8 Å². The maximum Gasteiger partial charge on any atom is 0.435 e. The summed E-state index contributed by atoms with van der Waals surface area (Å²) < 4.78 is 43.5. The van der Waals surface area contributed by atoms with E-state index in [2.05, 4.69) is 10.4 Å². The smallest absolute Gasteiger partial charge is 0.435 e. The van der Waals surface area contributed by atoms with E-state index in [1.54, 1.807) is 26.0 Å². The number of rotatable bonds is 4. The van der Waals surface area contributed by atoms with Crippen molar-refractivity contribution >= 4 is 5.91 Å². The molecule has 1 amide bonds. The van der Waals surface area contributed by atoms with Crippen LogP contribution in [0.3, 0.4) is 0 Å². The van der Waals surface area contributed by atoms with Crippen molar-refractivity contribution in [3.8, 4) is 0 Å². The molecular formula is C13H14F3N3O2. The van der Waals surface area contributed by atoms with Gasteiger partial charge in [-0.15, -0.1) is 0 Å².